The lowest BCUT2D eigenvalue weighted by Gasteiger charge is -2.30. The number of nitrogens with one attached hydrogen (secondary N) is 1. The summed E-state index contributed by atoms with van der Waals surface area (Å²) in [5.74, 6) is 1.91. The molecular formula is C15H30N2. The molecule has 17 heavy (non-hydrogen) atoms. The molecule has 0 bridgehead atoms. The Bertz CT molecular complexity index is 217. The highest BCUT2D eigenvalue weighted by atomic mass is 15.1. The summed E-state index contributed by atoms with van der Waals surface area (Å²) in [5, 5.41) is 3.85. The number of likely N-dealkylation sites (tertiary alicyclic amines) is 1. The Morgan fingerprint density at radius 2 is 2.00 bits per heavy atom. The van der Waals surface area contributed by atoms with Crippen molar-refractivity contribution in [1.29, 1.82) is 0 Å². The van der Waals surface area contributed by atoms with Gasteiger partial charge in [-0.15, -0.1) is 0 Å². The smallest absolute Gasteiger partial charge is 0.00698 e. The summed E-state index contributed by atoms with van der Waals surface area (Å²) in [5.41, 5.74) is 0. The summed E-state index contributed by atoms with van der Waals surface area (Å²) in [4.78, 5) is 2.59. The fourth-order valence-corrected chi connectivity index (χ4v) is 3.55. The van der Waals surface area contributed by atoms with E-state index in [1.807, 2.05) is 0 Å². The zero-order chi connectivity index (χ0) is 12.1. The van der Waals surface area contributed by atoms with E-state index in [0.29, 0.717) is 0 Å². The van der Waals surface area contributed by atoms with E-state index in [9.17, 15) is 0 Å². The third-order valence-electron chi connectivity index (χ3n) is 4.87. The van der Waals surface area contributed by atoms with Crippen LogP contribution in [-0.4, -0.2) is 37.1 Å². The van der Waals surface area contributed by atoms with Gasteiger partial charge < -0.3 is 10.2 Å². The molecule has 1 saturated heterocycles. The van der Waals surface area contributed by atoms with E-state index in [2.05, 4.69) is 24.1 Å². The first-order chi connectivity index (χ1) is 8.31. The van der Waals surface area contributed by atoms with Crippen LogP contribution in [0.5, 0.6) is 0 Å². The summed E-state index contributed by atoms with van der Waals surface area (Å²) in [6, 6.07) is 0.823. The van der Waals surface area contributed by atoms with Gasteiger partial charge in [0, 0.05) is 12.6 Å². The summed E-state index contributed by atoms with van der Waals surface area (Å²) in [6.45, 7) is 9.78. The predicted octanol–water partition coefficient (Wildman–Crippen LogP) is 2.89. The second kappa shape index (κ2) is 6.75. The van der Waals surface area contributed by atoms with Gasteiger partial charge in [0.1, 0.15) is 0 Å². The van der Waals surface area contributed by atoms with Crippen molar-refractivity contribution in [3.8, 4) is 0 Å². The standard InChI is InChI=1S/C15H30N2/c1-3-13-6-5-7-15(10-13)16-11-14-8-9-17(4-2)12-14/h13-16H,3-12H2,1-2H3. The Morgan fingerprint density at radius 1 is 1.12 bits per heavy atom. The summed E-state index contributed by atoms with van der Waals surface area (Å²) in [6.07, 6.45) is 8.56. The maximum Gasteiger partial charge on any atom is 0.00698 e. The van der Waals surface area contributed by atoms with Crippen molar-refractivity contribution in [3.63, 3.8) is 0 Å². The molecule has 0 aromatic rings. The highest BCUT2D eigenvalue weighted by molar-refractivity contribution is 4.81. The molecule has 0 aromatic heterocycles. The first-order valence-electron chi connectivity index (χ1n) is 7.77. The summed E-state index contributed by atoms with van der Waals surface area (Å²) in [7, 11) is 0. The highest BCUT2D eigenvalue weighted by Crippen LogP contribution is 2.26. The van der Waals surface area contributed by atoms with Crippen LogP contribution in [0.3, 0.4) is 0 Å². The molecule has 100 valence electrons. The average Bonchev–Trinajstić information content (AvgIpc) is 2.84. The third-order valence-corrected chi connectivity index (χ3v) is 4.87. The first kappa shape index (κ1) is 13.4. The monoisotopic (exact) mass is 238 g/mol. The van der Waals surface area contributed by atoms with Gasteiger partial charge in [0.2, 0.25) is 0 Å². The maximum absolute atomic E-state index is 3.85. The van der Waals surface area contributed by atoms with Gasteiger partial charge in [-0.25, -0.2) is 0 Å². The molecule has 1 N–H and O–H groups in total. The lowest BCUT2D eigenvalue weighted by atomic mass is 9.84. The molecule has 3 atom stereocenters. The van der Waals surface area contributed by atoms with Crippen LogP contribution in [0.2, 0.25) is 0 Å². The molecule has 2 heteroatoms. The average molecular weight is 238 g/mol. The van der Waals surface area contributed by atoms with Crippen LogP contribution in [0, 0.1) is 11.8 Å². The van der Waals surface area contributed by atoms with Crippen molar-refractivity contribution in [3.05, 3.63) is 0 Å². The molecule has 3 unspecified atom stereocenters. The van der Waals surface area contributed by atoms with Crippen molar-refractivity contribution in [2.24, 2.45) is 11.8 Å². The van der Waals surface area contributed by atoms with Gasteiger partial charge in [0.15, 0.2) is 0 Å². The molecule has 0 radical (unpaired) electrons. The van der Waals surface area contributed by atoms with Crippen LogP contribution in [-0.2, 0) is 0 Å². The van der Waals surface area contributed by atoms with Crippen molar-refractivity contribution in [2.45, 2.75) is 58.4 Å². The zero-order valence-electron chi connectivity index (χ0n) is 11.8. The van der Waals surface area contributed by atoms with Crippen LogP contribution in [0.4, 0.5) is 0 Å². The number of rotatable bonds is 5. The Hall–Kier alpha value is -0.0800. The van der Waals surface area contributed by atoms with E-state index in [1.54, 1.807) is 0 Å². The van der Waals surface area contributed by atoms with Crippen LogP contribution < -0.4 is 5.32 Å². The minimum Gasteiger partial charge on any atom is -0.314 e. The Kier molecular flexibility index (Phi) is 5.30. The second-order valence-electron chi connectivity index (χ2n) is 6.09. The minimum atomic E-state index is 0.823. The molecule has 1 aliphatic carbocycles. The molecule has 0 amide bonds. The zero-order valence-corrected chi connectivity index (χ0v) is 11.8. The SMILES string of the molecule is CCC1CCCC(NCC2CCN(CC)C2)C1. The molecule has 0 spiro atoms. The Labute approximate surface area is 107 Å². The van der Waals surface area contributed by atoms with E-state index >= 15 is 0 Å². The fraction of sp³-hybridized carbons (Fsp3) is 1.00. The van der Waals surface area contributed by atoms with Gasteiger partial charge in [-0.3, -0.25) is 0 Å². The molecule has 2 aliphatic rings. The fourth-order valence-electron chi connectivity index (χ4n) is 3.55. The van der Waals surface area contributed by atoms with Crippen molar-refractivity contribution in [2.75, 3.05) is 26.2 Å². The summed E-state index contributed by atoms with van der Waals surface area (Å²) >= 11 is 0. The first-order valence-corrected chi connectivity index (χ1v) is 7.77. The van der Waals surface area contributed by atoms with Crippen LogP contribution in [0.1, 0.15) is 52.4 Å². The maximum atomic E-state index is 3.85. The quantitative estimate of drug-likeness (QED) is 0.792. The van der Waals surface area contributed by atoms with Crippen molar-refractivity contribution in [1.82, 2.24) is 10.2 Å². The van der Waals surface area contributed by atoms with Gasteiger partial charge in [-0.1, -0.05) is 33.1 Å². The van der Waals surface area contributed by atoms with E-state index in [0.717, 1.165) is 17.9 Å². The van der Waals surface area contributed by atoms with E-state index in [1.165, 1.54) is 64.7 Å². The lowest BCUT2D eigenvalue weighted by molar-refractivity contribution is 0.267. The largest absolute Gasteiger partial charge is 0.314 e. The van der Waals surface area contributed by atoms with Crippen LogP contribution >= 0.6 is 0 Å². The van der Waals surface area contributed by atoms with Gasteiger partial charge in [-0.2, -0.15) is 0 Å². The number of hydrogen-bond acceptors (Lipinski definition) is 2. The van der Waals surface area contributed by atoms with Crippen molar-refractivity contribution < 1.29 is 0 Å². The third kappa shape index (κ3) is 3.96. The molecule has 2 rings (SSSR count). The van der Waals surface area contributed by atoms with Crippen molar-refractivity contribution >= 4 is 0 Å². The Balaban J connectivity index is 1.64. The second-order valence-corrected chi connectivity index (χ2v) is 6.09. The molecular weight excluding hydrogens is 208 g/mol. The number of nitrogens with zero attached hydrogens (tertiary/aromatic N) is 1. The topological polar surface area (TPSA) is 15.3 Å². The molecule has 1 aliphatic heterocycles. The van der Waals surface area contributed by atoms with Gasteiger partial charge in [0.05, 0.1) is 0 Å². The normalized spacial score (nSPS) is 35.3. The molecule has 1 heterocycles. The van der Waals surface area contributed by atoms with Gasteiger partial charge >= 0.3 is 0 Å². The van der Waals surface area contributed by atoms with Gasteiger partial charge in [0.25, 0.3) is 0 Å². The van der Waals surface area contributed by atoms with E-state index in [-0.39, 0.29) is 0 Å². The molecule has 2 fully saturated rings. The minimum absolute atomic E-state index is 0.823. The van der Waals surface area contributed by atoms with Crippen LogP contribution in [0.15, 0.2) is 0 Å². The highest BCUT2D eigenvalue weighted by Gasteiger charge is 2.24. The number of hydrogen-bond donors (Lipinski definition) is 1. The lowest BCUT2D eigenvalue weighted by Crippen LogP contribution is -2.37. The van der Waals surface area contributed by atoms with Gasteiger partial charge in [-0.05, 0) is 50.7 Å². The Morgan fingerprint density at radius 3 is 2.71 bits per heavy atom. The summed E-state index contributed by atoms with van der Waals surface area (Å²) < 4.78 is 0. The molecule has 2 nitrogen and oxygen atoms in total. The molecule has 0 aromatic carbocycles. The van der Waals surface area contributed by atoms with E-state index < -0.39 is 0 Å². The predicted molar refractivity (Wildman–Crippen MR) is 74.3 cm³/mol. The van der Waals surface area contributed by atoms with E-state index in [4.69, 9.17) is 0 Å². The molecule has 1 saturated carbocycles. The van der Waals surface area contributed by atoms with Crippen LogP contribution in [0.25, 0.3) is 0 Å².